The Bertz CT molecular complexity index is 817. The van der Waals surface area contributed by atoms with E-state index in [4.69, 9.17) is 14.2 Å². The van der Waals surface area contributed by atoms with Gasteiger partial charge in [0, 0.05) is 10.5 Å². The maximum absolute atomic E-state index is 12.5. The SMILES string of the molecule is COc1ccc(CCC[C@@H]2Sc3ccc(C4OC(C)O4)cc3NC2=O)cc1. The summed E-state index contributed by atoms with van der Waals surface area (Å²) in [4.78, 5) is 13.6. The number of rotatable bonds is 6. The number of hydrogen-bond acceptors (Lipinski definition) is 5. The molecule has 2 aromatic rings. The van der Waals surface area contributed by atoms with Crippen LogP contribution in [0.1, 0.15) is 37.2 Å². The van der Waals surface area contributed by atoms with Crippen LogP contribution in [0.4, 0.5) is 5.69 Å². The van der Waals surface area contributed by atoms with Crippen LogP contribution >= 0.6 is 11.8 Å². The van der Waals surface area contributed by atoms with E-state index in [1.807, 2.05) is 37.3 Å². The molecule has 2 aliphatic rings. The van der Waals surface area contributed by atoms with Gasteiger partial charge in [-0.1, -0.05) is 18.2 Å². The summed E-state index contributed by atoms with van der Waals surface area (Å²) in [7, 11) is 1.67. The van der Waals surface area contributed by atoms with Crippen LogP contribution in [0.3, 0.4) is 0 Å². The Hall–Kier alpha value is -2.02. The lowest BCUT2D eigenvalue weighted by Gasteiger charge is -2.34. The molecule has 0 saturated carbocycles. The van der Waals surface area contributed by atoms with Gasteiger partial charge in [0.1, 0.15) is 5.75 Å². The summed E-state index contributed by atoms with van der Waals surface area (Å²) in [6.45, 7) is 1.86. The van der Waals surface area contributed by atoms with Crippen molar-refractivity contribution in [3.05, 3.63) is 53.6 Å². The lowest BCUT2D eigenvalue weighted by atomic mass is 10.1. The van der Waals surface area contributed by atoms with Gasteiger partial charge in [0.05, 0.1) is 18.0 Å². The lowest BCUT2D eigenvalue weighted by molar-refractivity contribution is -0.382. The van der Waals surface area contributed by atoms with Gasteiger partial charge in [-0.25, -0.2) is 0 Å². The molecule has 1 atom stereocenters. The number of carbonyl (C=O) groups is 1. The van der Waals surface area contributed by atoms with E-state index in [9.17, 15) is 4.79 Å². The normalized spacial score (nSPS) is 23.9. The van der Waals surface area contributed by atoms with E-state index in [1.54, 1.807) is 18.9 Å². The molecule has 1 fully saturated rings. The van der Waals surface area contributed by atoms with Crippen LogP contribution < -0.4 is 10.1 Å². The Morgan fingerprint density at radius 3 is 2.63 bits per heavy atom. The van der Waals surface area contributed by atoms with Crippen LogP contribution in [0, 0.1) is 0 Å². The van der Waals surface area contributed by atoms with Crippen LogP contribution in [0.2, 0.25) is 0 Å². The molecule has 0 aromatic heterocycles. The fraction of sp³-hybridized carbons (Fsp3) is 0.381. The third-order valence-corrected chi connectivity index (χ3v) is 6.16. The second kappa shape index (κ2) is 7.92. The highest BCUT2D eigenvalue weighted by atomic mass is 32.2. The van der Waals surface area contributed by atoms with Crippen molar-refractivity contribution in [3.8, 4) is 5.75 Å². The molecule has 0 bridgehead atoms. The summed E-state index contributed by atoms with van der Waals surface area (Å²) in [6, 6.07) is 14.1. The average molecular weight is 385 g/mol. The van der Waals surface area contributed by atoms with Crippen LogP contribution in [0.15, 0.2) is 47.4 Å². The minimum Gasteiger partial charge on any atom is -0.497 e. The number of methoxy groups -OCH3 is 1. The van der Waals surface area contributed by atoms with Crippen LogP contribution in [0.5, 0.6) is 5.75 Å². The molecule has 1 N–H and O–H groups in total. The third kappa shape index (κ3) is 4.13. The predicted octanol–water partition coefficient (Wildman–Crippen LogP) is 4.52. The largest absolute Gasteiger partial charge is 0.497 e. The minimum atomic E-state index is -0.325. The first-order valence-corrected chi connectivity index (χ1v) is 10.1. The molecular formula is C21H23NO4S. The number of anilines is 1. The van der Waals surface area contributed by atoms with E-state index in [-0.39, 0.29) is 23.7 Å². The van der Waals surface area contributed by atoms with Crippen molar-refractivity contribution < 1.29 is 19.0 Å². The molecule has 0 radical (unpaired) electrons. The van der Waals surface area contributed by atoms with E-state index < -0.39 is 0 Å². The molecule has 5 nitrogen and oxygen atoms in total. The highest BCUT2D eigenvalue weighted by molar-refractivity contribution is 8.01. The average Bonchev–Trinajstić information content (AvgIpc) is 2.66. The molecule has 4 rings (SSSR count). The van der Waals surface area contributed by atoms with Gasteiger partial charge >= 0.3 is 0 Å². The van der Waals surface area contributed by atoms with Gasteiger partial charge in [-0.15, -0.1) is 11.8 Å². The first kappa shape index (κ1) is 18.3. The monoisotopic (exact) mass is 385 g/mol. The van der Waals surface area contributed by atoms with Gasteiger partial charge in [0.15, 0.2) is 12.6 Å². The van der Waals surface area contributed by atoms with Gasteiger partial charge in [0.25, 0.3) is 0 Å². The number of hydrogen-bond donors (Lipinski definition) is 1. The molecule has 27 heavy (non-hydrogen) atoms. The van der Waals surface area contributed by atoms with Crippen molar-refractivity contribution in [2.45, 2.75) is 48.9 Å². The first-order chi connectivity index (χ1) is 13.1. The fourth-order valence-corrected chi connectivity index (χ4v) is 4.44. The minimum absolute atomic E-state index is 0.0576. The Labute approximate surface area is 163 Å². The fourth-order valence-electron chi connectivity index (χ4n) is 3.30. The van der Waals surface area contributed by atoms with E-state index >= 15 is 0 Å². The molecule has 6 heteroatoms. The third-order valence-electron chi connectivity index (χ3n) is 4.82. The zero-order valence-corrected chi connectivity index (χ0v) is 16.3. The molecule has 142 valence electrons. The summed E-state index contributed by atoms with van der Waals surface area (Å²) in [5.74, 6) is 0.937. The Kier molecular flexibility index (Phi) is 5.38. The van der Waals surface area contributed by atoms with Gasteiger partial charge in [-0.3, -0.25) is 4.79 Å². The summed E-state index contributed by atoms with van der Waals surface area (Å²) in [5, 5.41) is 2.98. The molecule has 0 spiro atoms. The van der Waals surface area contributed by atoms with Crippen molar-refractivity contribution in [1.82, 2.24) is 0 Å². The van der Waals surface area contributed by atoms with Crippen LogP contribution in [-0.4, -0.2) is 24.6 Å². The quantitative estimate of drug-likeness (QED) is 0.792. The second-order valence-corrected chi connectivity index (χ2v) is 8.01. The predicted molar refractivity (Wildman–Crippen MR) is 105 cm³/mol. The van der Waals surface area contributed by atoms with Crippen molar-refractivity contribution in [1.29, 1.82) is 0 Å². The van der Waals surface area contributed by atoms with Crippen LogP contribution in [0.25, 0.3) is 0 Å². The summed E-state index contributed by atoms with van der Waals surface area (Å²) in [5.41, 5.74) is 3.04. The van der Waals surface area contributed by atoms with Crippen molar-refractivity contribution in [2.75, 3.05) is 12.4 Å². The zero-order chi connectivity index (χ0) is 18.8. The zero-order valence-electron chi connectivity index (χ0n) is 15.4. The molecular weight excluding hydrogens is 362 g/mol. The van der Waals surface area contributed by atoms with E-state index in [1.165, 1.54) is 5.56 Å². The Balaban J connectivity index is 1.33. The number of benzene rings is 2. The highest BCUT2D eigenvalue weighted by Crippen LogP contribution is 2.41. The van der Waals surface area contributed by atoms with Crippen LogP contribution in [-0.2, 0) is 20.7 Å². The molecule has 2 heterocycles. The van der Waals surface area contributed by atoms with Gasteiger partial charge < -0.3 is 19.5 Å². The number of aryl methyl sites for hydroxylation is 1. The molecule has 0 unspecified atom stereocenters. The summed E-state index contributed by atoms with van der Waals surface area (Å²) < 4.78 is 16.2. The molecule has 1 saturated heterocycles. The number of ether oxygens (including phenoxy) is 3. The number of amides is 1. The summed E-state index contributed by atoms with van der Waals surface area (Å²) in [6.07, 6.45) is 2.27. The van der Waals surface area contributed by atoms with Crippen molar-refractivity contribution in [3.63, 3.8) is 0 Å². The lowest BCUT2D eigenvalue weighted by Crippen LogP contribution is -2.32. The molecule has 0 aliphatic carbocycles. The number of nitrogens with one attached hydrogen (secondary N) is 1. The standard InChI is InChI=1S/C21H23NO4S/c1-13-25-21(26-13)15-8-11-18-17(12-15)22-20(23)19(27-18)5-3-4-14-6-9-16(24-2)10-7-14/h6-13,19,21H,3-5H2,1-2H3,(H,22,23)/t13?,19-,21?/m0/s1. The highest BCUT2D eigenvalue weighted by Gasteiger charge is 2.31. The second-order valence-electron chi connectivity index (χ2n) is 6.76. The van der Waals surface area contributed by atoms with Gasteiger partial charge in [0.2, 0.25) is 5.91 Å². The smallest absolute Gasteiger partial charge is 0.237 e. The van der Waals surface area contributed by atoms with Gasteiger partial charge in [-0.2, -0.15) is 0 Å². The topological polar surface area (TPSA) is 56.8 Å². The molecule has 2 aromatic carbocycles. The summed E-state index contributed by atoms with van der Waals surface area (Å²) >= 11 is 1.64. The maximum atomic E-state index is 12.5. The Morgan fingerprint density at radius 2 is 1.93 bits per heavy atom. The number of thioether (sulfide) groups is 1. The first-order valence-electron chi connectivity index (χ1n) is 9.18. The van der Waals surface area contributed by atoms with Crippen molar-refractivity contribution in [2.24, 2.45) is 0 Å². The van der Waals surface area contributed by atoms with E-state index in [2.05, 4.69) is 17.4 Å². The number of fused-ring (bicyclic) bond motifs is 1. The number of carbonyl (C=O) groups excluding carboxylic acids is 1. The van der Waals surface area contributed by atoms with Crippen molar-refractivity contribution >= 4 is 23.4 Å². The maximum Gasteiger partial charge on any atom is 0.237 e. The Morgan fingerprint density at radius 1 is 1.15 bits per heavy atom. The molecule has 2 aliphatic heterocycles. The van der Waals surface area contributed by atoms with E-state index in [0.717, 1.165) is 41.2 Å². The molecule has 1 amide bonds. The van der Waals surface area contributed by atoms with E-state index in [0.29, 0.717) is 0 Å². The van der Waals surface area contributed by atoms with Gasteiger partial charge in [-0.05, 0) is 56.0 Å².